The Morgan fingerprint density at radius 2 is 1.88 bits per heavy atom. The number of carbonyl (C=O) groups is 1. The van der Waals surface area contributed by atoms with Crippen LogP contribution in [0.4, 0.5) is 10.2 Å². The summed E-state index contributed by atoms with van der Waals surface area (Å²) in [6.45, 7) is 2.01. The second-order valence-corrected chi connectivity index (χ2v) is 6.92. The van der Waals surface area contributed by atoms with Crippen molar-refractivity contribution in [3.05, 3.63) is 58.5 Å². The van der Waals surface area contributed by atoms with Crippen LogP contribution in [0.25, 0.3) is 0 Å². The molecule has 0 unspecified atom stereocenters. The van der Waals surface area contributed by atoms with Crippen LogP contribution in [-0.4, -0.2) is 23.0 Å². The van der Waals surface area contributed by atoms with E-state index >= 15 is 0 Å². The zero-order valence-corrected chi connectivity index (χ0v) is 14.8. The van der Waals surface area contributed by atoms with Crippen molar-refractivity contribution < 1.29 is 9.18 Å². The Morgan fingerprint density at radius 1 is 1.16 bits per heavy atom. The van der Waals surface area contributed by atoms with E-state index in [-0.39, 0.29) is 17.0 Å². The summed E-state index contributed by atoms with van der Waals surface area (Å²) in [7, 11) is 0. The number of halogens is 2. The third kappa shape index (κ3) is 4.69. The predicted molar refractivity (Wildman–Crippen MR) is 97.5 cm³/mol. The number of nitrogens with zero attached hydrogens (tertiary/aromatic N) is 1. The largest absolute Gasteiger partial charge is 0.367 e. The minimum atomic E-state index is -0.519. The first kappa shape index (κ1) is 17.7. The molecule has 4 nitrogen and oxygen atoms in total. The topological polar surface area (TPSA) is 54.0 Å². The SMILES string of the molecule is Cc1ccc(NC2CCC(NC(=O)c3ccc(F)c(Cl)c3)CC2)nc1. The predicted octanol–water partition coefficient (Wildman–Crippen LogP) is 4.34. The molecule has 1 amide bonds. The van der Waals surface area contributed by atoms with Gasteiger partial charge >= 0.3 is 0 Å². The molecule has 0 bridgehead atoms. The molecule has 0 aliphatic heterocycles. The summed E-state index contributed by atoms with van der Waals surface area (Å²) in [6.07, 6.45) is 5.56. The number of pyridine rings is 1. The molecule has 1 aliphatic rings. The average Bonchev–Trinajstić information content (AvgIpc) is 2.61. The molecule has 1 aromatic carbocycles. The van der Waals surface area contributed by atoms with Crippen molar-refractivity contribution in [1.82, 2.24) is 10.3 Å². The number of carbonyl (C=O) groups excluding carboxylic acids is 1. The lowest BCUT2D eigenvalue weighted by Gasteiger charge is -2.30. The number of rotatable bonds is 4. The lowest BCUT2D eigenvalue weighted by molar-refractivity contribution is 0.0926. The van der Waals surface area contributed by atoms with E-state index in [1.54, 1.807) is 0 Å². The molecular formula is C19H21ClFN3O. The zero-order valence-electron chi connectivity index (χ0n) is 14.1. The lowest BCUT2D eigenvalue weighted by atomic mass is 9.91. The van der Waals surface area contributed by atoms with E-state index in [0.717, 1.165) is 37.1 Å². The van der Waals surface area contributed by atoms with E-state index in [0.29, 0.717) is 11.6 Å². The molecule has 25 heavy (non-hydrogen) atoms. The molecule has 1 aromatic heterocycles. The summed E-state index contributed by atoms with van der Waals surface area (Å²) >= 11 is 5.74. The number of hydrogen-bond donors (Lipinski definition) is 2. The van der Waals surface area contributed by atoms with Gasteiger partial charge in [-0.1, -0.05) is 17.7 Å². The molecular weight excluding hydrogens is 341 g/mol. The zero-order chi connectivity index (χ0) is 17.8. The molecule has 6 heteroatoms. The third-order valence-electron chi connectivity index (χ3n) is 4.51. The first-order valence-electron chi connectivity index (χ1n) is 8.46. The van der Waals surface area contributed by atoms with Crippen molar-refractivity contribution in [2.75, 3.05) is 5.32 Å². The van der Waals surface area contributed by atoms with Gasteiger partial charge in [0.05, 0.1) is 5.02 Å². The summed E-state index contributed by atoms with van der Waals surface area (Å²) in [4.78, 5) is 16.6. The van der Waals surface area contributed by atoms with Crippen LogP contribution < -0.4 is 10.6 Å². The fourth-order valence-electron chi connectivity index (χ4n) is 3.05. The lowest BCUT2D eigenvalue weighted by Crippen LogP contribution is -2.40. The maximum atomic E-state index is 13.2. The normalized spacial score (nSPS) is 20.1. The molecule has 2 N–H and O–H groups in total. The maximum Gasteiger partial charge on any atom is 0.251 e. The van der Waals surface area contributed by atoms with E-state index in [9.17, 15) is 9.18 Å². The van der Waals surface area contributed by atoms with E-state index in [1.165, 1.54) is 18.2 Å². The van der Waals surface area contributed by atoms with Crippen LogP contribution in [-0.2, 0) is 0 Å². The van der Waals surface area contributed by atoms with Crippen molar-refractivity contribution in [1.29, 1.82) is 0 Å². The van der Waals surface area contributed by atoms with Crippen LogP contribution in [0.15, 0.2) is 36.5 Å². The highest BCUT2D eigenvalue weighted by Gasteiger charge is 2.23. The Bertz CT molecular complexity index is 743. The molecule has 0 atom stereocenters. The fraction of sp³-hybridized carbons (Fsp3) is 0.368. The van der Waals surface area contributed by atoms with E-state index in [4.69, 9.17) is 11.6 Å². The van der Waals surface area contributed by atoms with Crippen molar-refractivity contribution in [2.45, 2.75) is 44.7 Å². The van der Waals surface area contributed by atoms with E-state index in [1.807, 2.05) is 25.3 Å². The van der Waals surface area contributed by atoms with Gasteiger partial charge in [0.2, 0.25) is 0 Å². The Morgan fingerprint density at radius 3 is 2.52 bits per heavy atom. The summed E-state index contributed by atoms with van der Waals surface area (Å²) in [5.41, 5.74) is 1.52. The van der Waals surface area contributed by atoms with Gasteiger partial charge in [0.25, 0.3) is 5.91 Å². The summed E-state index contributed by atoms with van der Waals surface area (Å²) in [6, 6.07) is 8.54. The quantitative estimate of drug-likeness (QED) is 0.851. The van der Waals surface area contributed by atoms with Crippen molar-refractivity contribution in [3.8, 4) is 0 Å². The van der Waals surface area contributed by atoms with Gasteiger partial charge in [-0.25, -0.2) is 9.37 Å². The number of benzene rings is 1. The van der Waals surface area contributed by atoms with Gasteiger partial charge in [-0.2, -0.15) is 0 Å². The second kappa shape index (κ2) is 7.83. The van der Waals surface area contributed by atoms with Crippen LogP contribution in [0, 0.1) is 12.7 Å². The van der Waals surface area contributed by atoms with E-state index < -0.39 is 5.82 Å². The molecule has 1 heterocycles. The Labute approximate surface area is 151 Å². The van der Waals surface area contributed by atoms with Crippen LogP contribution in [0.2, 0.25) is 5.02 Å². The van der Waals surface area contributed by atoms with Crippen LogP contribution in [0.5, 0.6) is 0 Å². The number of aryl methyl sites for hydroxylation is 1. The monoisotopic (exact) mass is 361 g/mol. The minimum absolute atomic E-state index is 0.0360. The third-order valence-corrected chi connectivity index (χ3v) is 4.80. The van der Waals surface area contributed by atoms with Gasteiger partial charge in [-0.15, -0.1) is 0 Å². The van der Waals surface area contributed by atoms with Crippen molar-refractivity contribution >= 4 is 23.3 Å². The number of hydrogen-bond acceptors (Lipinski definition) is 3. The summed E-state index contributed by atoms with van der Waals surface area (Å²) in [5.74, 6) is 0.159. The van der Waals surface area contributed by atoms with Crippen LogP contribution in [0.3, 0.4) is 0 Å². The molecule has 1 saturated carbocycles. The highest BCUT2D eigenvalue weighted by molar-refractivity contribution is 6.31. The van der Waals surface area contributed by atoms with Crippen LogP contribution in [0.1, 0.15) is 41.6 Å². The van der Waals surface area contributed by atoms with Crippen LogP contribution >= 0.6 is 11.6 Å². The molecule has 1 aliphatic carbocycles. The Balaban J connectivity index is 1.49. The molecule has 3 rings (SSSR count). The number of nitrogens with one attached hydrogen (secondary N) is 2. The van der Waals surface area contributed by atoms with Gasteiger partial charge in [-0.3, -0.25) is 4.79 Å². The second-order valence-electron chi connectivity index (χ2n) is 6.52. The van der Waals surface area contributed by atoms with Gasteiger partial charge in [0, 0.05) is 23.8 Å². The minimum Gasteiger partial charge on any atom is -0.367 e. The van der Waals surface area contributed by atoms with Gasteiger partial charge in [0.15, 0.2) is 0 Å². The standard InChI is InChI=1S/C19H21ClFN3O/c1-12-2-9-18(22-11-12)23-14-4-6-15(7-5-14)24-19(25)13-3-8-17(21)16(20)10-13/h2-3,8-11,14-15H,4-7H2,1H3,(H,22,23)(H,24,25). The molecule has 1 fully saturated rings. The first-order chi connectivity index (χ1) is 12.0. The fourth-order valence-corrected chi connectivity index (χ4v) is 3.23. The number of anilines is 1. The van der Waals surface area contributed by atoms with Gasteiger partial charge < -0.3 is 10.6 Å². The number of amides is 1. The first-order valence-corrected chi connectivity index (χ1v) is 8.84. The van der Waals surface area contributed by atoms with Gasteiger partial charge in [0.1, 0.15) is 11.6 Å². The highest BCUT2D eigenvalue weighted by atomic mass is 35.5. The Hall–Kier alpha value is -2.14. The van der Waals surface area contributed by atoms with Crippen molar-refractivity contribution in [2.24, 2.45) is 0 Å². The van der Waals surface area contributed by atoms with E-state index in [2.05, 4.69) is 15.6 Å². The highest BCUT2D eigenvalue weighted by Crippen LogP contribution is 2.22. The van der Waals surface area contributed by atoms with Gasteiger partial charge in [-0.05, 0) is 62.4 Å². The molecule has 0 saturated heterocycles. The summed E-state index contributed by atoms with van der Waals surface area (Å²) < 4.78 is 13.2. The maximum absolute atomic E-state index is 13.2. The molecule has 0 radical (unpaired) electrons. The molecule has 132 valence electrons. The number of aromatic nitrogens is 1. The molecule has 2 aromatic rings. The van der Waals surface area contributed by atoms with Crippen molar-refractivity contribution in [3.63, 3.8) is 0 Å². The summed E-state index contributed by atoms with van der Waals surface area (Å²) in [5, 5.41) is 6.42. The smallest absolute Gasteiger partial charge is 0.251 e. The average molecular weight is 362 g/mol. The Kier molecular flexibility index (Phi) is 5.53. The molecule has 0 spiro atoms.